The number of likely N-dealkylation sites (tertiary alicyclic amines) is 1. The molecule has 1 aliphatic carbocycles. The minimum Gasteiger partial charge on any atom is -0.384 e. The van der Waals surface area contributed by atoms with Gasteiger partial charge in [-0.05, 0) is 34.8 Å². The van der Waals surface area contributed by atoms with E-state index in [-0.39, 0.29) is 40.9 Å². The zero-order valence-electron chi connectivity index (χ0n) is 18.8. The molecule has 2 atom stereocenters. The number of hydrogen-bond donors (Lipinski definition) is 1. The third-order valence-electron chi connectivity index (χ3n) is 6.76. The third-order valence-corrected chi connectivity index (χ3v) is 6.76. The summed E-state index contributed by atoms with van der Waals surface area (Å²) in [6.45, 7) is 13.2. The van der Waals surface area contributed by atoms with Gasteiger partial charge in [-0.2, -0.15) is 0 Å². The lowest BCUT2D eigenvalue weighted by molar-refractivity contribution is -0.132. The molecule has 2 aliphatic rings. The monoisotopic (exact) mass is 400 g/mol. The average molecular weight is 401 g/mol. The molecule has 1 saturated heterocycles. The van der Waals surface area contributed by atoms with Crippen LogP contribution < -0.4 is 5.32 Å². The quantitative estimate of drug-likeness (QED) is 0.778. The summed E-state index contributed by atoms with van der Waals surface area (Å²) in [5.41, 5.74) is 2.22. The van der Waals surface area contributed by atoms with E-state index in [1.807, 2.05) is 29.2 Å². The molecule has 2 fully saturated rings. The van der Waals surface area contributed by atoms with Crippen molar-refractivity contribution in [3.8, 4) is 0 Å². The van der Waals surface area contributed by atoms with Gasteiger partial charge in [0.2, 0.25) is 11.8 Å². The summed E-state index contributed by atoms with van der Waals surface area (Å²) in [5, 5.41) is 3.00. The summed E-state index contributed by atoms with van der Waals surface area (Å²) in [7, 11) is 1.74. The number of benzene rings is 1. The Morgan fingerprint density at radius 1 is 1.21 bits per heavy atom. The summed E-state index contributed by atoms with van der Waals surface area (Å²) < 4.78 is 5.47. The Kier molecular flexibility index (Phi) is 5.83. The Bertz CT molecular complexity index is 781. The number of para-hydroxylation sites is 1. The number of ether oxygens (including phenoxy) is 1. The van der Waals surface area contributed by atoms with E-state index in [9.17, 15) is 9.59 Å². The van der Waals surface area contributed by atoms with Crippen molar-refractivity contribution < 1.29 is 14.3 Å². The molecule has 1 aromatic rings. The lowest BCUT2D eigenvalue weighted by Gasteiger charge is -2.56. The Labute approximate surface area is 175 Å². The molecule has 0 radical (unpaired) electrons. The van der Waals surface area contributed by atoms with Crippen molar-refractivity contribution >= 4 is 17.5 Å². The zero-order chi connectivity index (χ0) is 21.4. The molecule has 160 valence electrons. The van der Waals surface area contributed by atoms with Gasteiger partial charge in [0.25, 0.3) is 0 Å². The summed E-state index contributed by atoms with van der Waals surface area (Å²) in [6.07, 6.45) is 1.55. The second kappa shape index (κ2) is 7.75. The lowest BCUT2D eigenvalue weighted by atomic mass is 9.48. The van der Waals surface area contributed by atoms with Crippen LogP contribution in [-0.4, -0.2) is 43.5 Å². The van der Waals surface area contributed by atoms with Crippen LogP contribution in [-0.2, 0) is 19.7 Å². The highest BCUT2D eigenvalue weighted by Gasteiger charge is 2.63. The molecule has 5 nitrogen and oxygen atoms in total. The maximum atomic E-state index is 12.8. The van der Waals surface area contributed by atoms with Crippen LogP contribution in [0.15, 0.2) is 24.3 Å². The summed E-state index contributed by atoms with van der Waals surface area (Å²) in [4.78, 5) is 27.3. The van der Waals surface area contributed by atoms with Crippen molar-refractivity contribution in [3.05, 3.63) is 29.8 Å². The van der Waals surface area contributed by atoms with Crippen LogP contribution in [0, 0.1) is 16.7 Å². The van der Waals surface area contributed by atoms with Gasteiger partial charge in [-0.25, -0.2) is 0 Å². The second-order valence-corrected chi connectivity index (χ2v) is 10.6. The van der Waals surface area contributed by atoms with E-state index >= 15 is 0 Å². The van der Waals surface area contributed by atoms with Gasteiger partial charge < -0.3 is 15.0 Å². The minimum atomic E-state index is -0.107. The first kappa shape index (κ1) is 21.8. The van der Waals surface area contributed by atoms with Gasteiger partial charge in [0, 0.05) is 44.1 Å². The molecule has 0 aromatic heterocycles. The molecule has 1 N–H and O–H groups in total. The molecule has 0 bridgehead atoms. The van der Waals surface area contributed by atoms with Crippen LogP contribution in [0.1, 0.15) is 59.4 Å². The smallest absolute Gasteiger partial charge is 0.224 e. The molecular weight excluding hydrogens is 364 g/mol. The van der Waals surface area contributed by atoms with E-state index in [1.54, 1.807) is 7.11 Å². The molecule has 1 heterocycles. The molecule has 29 heavy (non-hydrogen) atoms. The van der Waals surface area contributed by atoms with E-state index in [0.717, 1.165) is 30.8 Å². The van der Waals surface area contributed by atoms with Crippen molar-refractivity contribution in [1.82, 2.24) is 4.90 Å². The Morgan fingerprint density at radius 3 is 2.52 bits per heavy atom. The Balaban J connectivity index is 1.56. The van der Waals surface area contributed by atoms with E-state index < -0.39 is 0 Å². The minimum absolute atomic E-state index is 0.0585. The molecule has 1 aromatic carbocycles. The predicted octanol–water partition coefficient (Wildman–Crippen LogP) is 4.22. The van der Waals surface area contributed by atoms with Crippen LogP contribution in [0.3, 0.4) is 0 Å². The molecular formula is C24H36N2O3. The van der Waals surface area contributed by atoms with Gasteiger partial charge in [0.1, 0.15) is 0 Å². The van der Waals surface area contributed by atoms with Gasteiger partial charge in [0.05, 0.1) is 6.61 Å². The number of fused-ring (bicyclic) bond motifs is 1. The van der Waals surface area contributed by atoms with Crippen LogP contribution in [0.2, 0.25) is 0 Å². The number of rotatable bonds is 6. The summed E-state index contributed by atoms with van der Waals surface area (Å²) in [5.74, 6) is 0.445. The van der Waals surface area contributed by atoms with Crippen molar-refractivity contribution in [3.63, 3.8) is 0 Å². The maximum absolute atomic E-state index is 12.8. The van der Waals surface area contributed by atoms with Crippen molar-refractivity contribution in [2.45, 2.75) is 59.3 Å². The van der Waals surface area contributed by atoms with Gasteiger partial charge >= 0.3 is 0 Å². The highest BCUT2D eigenvalue weighted by atomic mass is 16.5. The zero-order valence-corrected chi connectivity index (χ0v) is 18.8. The number of nitrogens with zero attached hydrogens (tertiary/aromatic N) is 1. The first-order chi connectivity index (χ1) is 13.5. The molecule has 5 heteroatoms. The van der Waals surface area contributed by atoms with E-state index in [1.165, 1.54) is 0 Å². The number of hydrogen-bond acceptors (Lipinski definition) is 3. The van der Waals surface area contributed by atoms with Gasteiger partial charge in [-0.3, -0.25) is 9.59 Å². The standard InChI is InChI=1S/C24H36N2O3/c1-22(2,3)17-9-7-8-10-18(17)25-20(27)11-12-21(28)26-13-19-23(4,5)14-24(19,15-26)16-29-6/h7-10,19H,11-16H2,1-6H3,(H,25,27)/t19-,24-/m1/s1. The predicted molar refractivity (Wildman–Crippen MR) is 116 cm³/mol. The normalized spacial score (nSPS) is 25.3. The number of carbonyl (C=O) groups is 2. The Morgan fingerprint density at radius 2 is 1.90 bits per heavy atom. The fourth-order valence-electron chi connectivity index (χ4n) is 5.64. The van der Waals surface area contributed by atoms with Gasteiger partial charge in [-0.1, -0.05) is 52.8 Å². The SMILES string of the molecule is COC[C@@]12CN(C(=O)CCC(=O)Nc3ccccc3C(C)(C)C)C[C@@H]1C(C)(C)C2. The lowest BCUT2D eigenvalue weighted by Crippen LogP contribution is -2.55. The van der Waals surface area contributed by atoms with Gasteiger partial charge in [-0.15, -0.1) is 0 Å². The highest BCUT2D eigenvalue weighted by Crippen LogP contribution is 2.62. The maximum Gasteiger partial charge on any atom is 0.224 e. The fraction of sp³-hybridized carbons (Fsp3) is 0.667. The van der Waals surface area contributed by atoms with Gasteiger partial charge in [0.15, 0.2) is 0 Å². The van der Waals surface area contributed by atoms with Crippen molar-refractivity contribution in [2.75, 3.05) is 32.1 Å². The van der Waals surface area contributed by atoms with Crippen molar-refractivity contribution in [1.29, 1.82) is 0 Å². The molecule has 1 saturated carbocycles. The number of nitrogens with one attached hydrogen (secondary N) is 1. The molecule has 1 aliphatic heterocycles. The fourth-order valence-corrected chi connectivity index (χ4v) is 5.64. The highest BCUT2D eigenvalue weighted by molar-refractivity contribution is 5.94. The summed E-state index contributed by atoms with van der Waals surface area (Å²) >= 11 is 0. The molecule has 2 amide bonds. The van der Waals surface area contributed by atoms with Crippen molar-refractivity contribution in [2.24, 2.45) is 16.7 Å². The summed E-state index contributed by atoms with van der Waals surface area (Å²) in [6, 6.07) is 7.87. The van der Waals surface area contributed by atoms with Crippen LogP contribution in [0.4, 0.5) is 5.69 Å². The van der Waals surface area contributed by atoms with E-state index in [4.69, 9.17) is 4.74 Å². The van der Waals surface area contributed by atoms with Crippen LogP contribution in [0.25, 0.3) is 0 Å². The third kappa shape index (κ3) is 4.35. The Hall–Kier alpha value is -1.88. The van der Waals surface area contributed by atoms with E-state index in [0.29, 0.717) is 12.5 Å². The van der Waals surface area contributed by atoms with Crippen LogP contribution in [0.5, 0.6) is 0 Å². The molecule has 0 spiro atoms. The number of amides is 2. The largest absolute Gasteiger partial charge is 0.384 e. The number of carbonyl (C=O) groups excluding carboxylic acids is 2. The molecule has 3 rings (SSSR count). The topological polar surface area (TPSA) is 58.6 Å². The molecule has 0 unspecified atom stereocenters. The second-order valence-electron chi connectivity index (χ2n) is 10.6. The van der Waals surface area contributed by atoms with Crippen LogP contribution >= 0.6 is 0 Å². The average Bonchev–Trinajstić information content (AvgIpc) is 2.94. The first-order valence-corrected chi connectivity index (χ1v) is 10.6. The number of methoxy groups -OCH3 is 1. The first-order valence-electron chi connectivity index (χ1n) is 10.6. The number of anilines is 1. The van der Waals surface area contributed by atoms with E-state index in [2.05, 4.69) is 39.9 Å².